The lowest BCUT2D eigenvalue weighted by Crippen LogP contribution is -2.41. The third kappa shape index (κ3) is 3.66. The highest BCUT2D eigenvalue weighted by atomic mass is 35.5. The fourth-order valence-electron chi connectivity index (χ4n) is 2.92. The lowest BCUT2D eigenvalue weighted by Gasteiger charge is -2.33. The van der Waals surface area contributed by atoms with Crippen LogP contribution in [0.4, 0.5) is 0 Å². The number of likely N-dealkylation sites (tertiary alicyclic amines) is 1. The van der Waals surface area contributed by atoms with E-state index in [4.69, 9.17) is 21.9 Å². The zero-order valence-corrected chi connectivity index (χ0v) is 13.5. The van der Waals surface area contributed by atoms with E-state index in [1.165, 1.54) is 12.8 Å². The van der Waals surface area contributed by atoms with Crippen molar-refractivity contribution in [2.24, 2.45) is 11.7 Å². The van der Waals surface area contributed by atoms with Gasteiger partial charge in [-0.25, -0.2) is 0 Å². The van der Waals surface area contributed by atoms with Gasteiger partial charge in [-0.15, -0.1) is 0 Å². The summed E-state index contributed by atoms with van der Waals surface area (Å²) in [5, 5.41) is 4.72. The Morgan fingerprint density at radius 1 is 1.50 bits per heavy atom. The molecule has 0 saturated carbocycles. The van der Waals surface area contributed by atoms with Crippen LogP contribution in [0.25, 0.3) is 11.4 Å². The van der Waals surface area contributed by atoms with E-state index in [1.807, 2.05) is 24.3 Å². The van der Waals surface area contributed by atoms with Gasteiger partial charge in [0.05, 0.1) is 6.54 Å². The second-order valence-corrected chi connectivity index (χ2v) is 6.46. The van der Waals surface area contributed by atoms with Gasteiger partial charge in [0.15, 0.2) is 0 Å². The predicted molar refractivity (Wildman–Crippen MR) is 86.4 cm³/mol. The van der Waals surface area contributed by atoms with Gasteiger partial charge in [0.1, 0.15) is 0 Å². The molecule has 22 heavy (non-hydrogen) atoms. The van der Waals surface area contributed by atoms with Crippen LogP contribution in [0.1, 0.15) is 25.7 Å². The maximum atomic E-state index is 6.03. The number of halogens is 1. The largest absolute Gasteiger partial charge is 0.338 e. The second-order valence-electron chi connectivity index (χ2n) is 6.02. The van der Waals surface area contributed by atoms with Gasteiger partial charge in [-0.1, -0.05) is 28.9 Å². The Kier molecular flexibility index (Phi) is 4.76. The highest BCUT2D eigenvalue weighted by Gasteiger charge is 2.24. The van der Waals surface area contributed by atoms with Gasteiger partial charge >= 0.3 is 0 Å². The number of hydrogen-bond donors (Lipinski definition) is 1. The summed E-state index contributed by atoms with van der Waals surface area (Å²) in [6, 6.07) is 7.70. The van der Waals surface area contributed by atoms with Gasteiger partial charge in [-0.3, -0.25) is 4.90 Å². The average molecular weight is 321 g/mol. The molecule has 1 aromatic heterocycles. The standard InChI is InChI=1S/C16H21ClN4O/c1-11(18)13-5-3-7-21(9-13)10-15-19-16(20-22-15)12-4-2-6-14(17)8-12/h2,4,6,8,11,13H,3,5,7,9-10,18H2,1H3. The van der Waals surface area contributed by atoms with Crippen LogP contribution in [-0.2, 0) is 6.54 Å². The Balaban J connectivity index is 1.67. The number of nitrogens with zero attached hydrogens (tertiary/aromatic N) is 3. The molecule has 2 unspecified atom stereocenters. The molecular weight excluding hydrogens is 300 g/mol. The quantitative estimate of drug-likeness (QED) is 0.938. The molecule has 1 aliphatic heterocycles. The first-order chi connectivity index (χ1) is 10.6. The van der Waals surface area contributed by atoms with Crippen LogP contribution in [0.15, 0.2) is 28.8 Å². The second kappa shape index (κ2) is 6.77. The Bertz CT molecular complexity index is 628. The monoisotopic (exact) mass is 320 g/mol. The molecule has 2 aromatic rings. The third-order valence-corrected chi connectivity index (χ3v) is 4.43. The van der Waals surface area contributed by atoms with Crippen LogP contribution in [0.2, 0.25) is 5.02 Å². The molecule has 0 aliphatic carbocycles. The number of hydrogen-bond acceptors (Lipinski definition) is 5. The Morgan fingerprint density at radius 3 is 3.14 bits per heavy atom. The molecule has 2 atom stereocenters. The molecule has 0 bridgehead atoms. The summed E-state index contributed by atoms with van der Waals surface area (Å²) >= 11 is 6.00. The van der Waals surface area contributed by atoms with Gasteiger partial charge in [0, 0.05) is 23.2 Å². The topological polar surface area (TPSA) is 68.2 Å². The number of aromatic nitrogens is 2. The summed E-state index contributed by atoms with van der Waals surface area (Å²) in [6.45, 7) is 4.81. The minimum Gasteiger partial charge on any atom is -0.338 e. The molecular formula is C16H21ClN4O. The van der Waals surface area contributed by atoms with E-state index in [0.29, 0.717) is 29.2 Å². The average Bonchev–Trinajstić information content (AvgIpc) is 2.96. The van der Waals surface area contributed by atoms with Gasteiger partial charge < -0.3 is 10.3 Å². The van der Waals surface area contributed by atoms with Crippen molar-refractivity contribution in [1.82, 2.24) is 15.0 Å². The van der Waals surface area contributed by atoms with Crippen molar-refractivity contribution in [1.29, 1.82) is 0 Å². The summed E-state index contributed by atoms with van der Waals surface area (Å²) < 4.78 is 5.38. The summed E-state index contributed by atoms with van der Waals surface area (Å²) in [5.74, 6) is 1.77. The number of piperidine rings is 1. The Morgan fingerprint density at radius 2 is 2.36 bits per heavy atom. The van der Waals surface area contributed by atoms with E-state index in [9.17, 15) is 0 Å². The lowest BCUT2D eigenvalue weighted by molar-refractivity contribution is 0.139. The summed E-state index contributed by atoms with van der Waals surface area (Å²) in [7, 11) is 0. The van der Waals surface area contributed by atoms with Crippen LogP contribution in [0.5, 0.6) is 0 Å². The first-order valence-electron chi connectivity index (χ1n) is 7.68. The normalized spacial score (nSPS) is 21.0. The fraction of sp³-hybridized carbons (Fsp3) is 0.500. The zero-order valence-electron chi connectivity index (χ0n) is 12.7. The molecule has 1 aromatic carbocycles. The molecule has 1 saturated heterocycles. The lowest BCUT2D eigenvalue weighted by atomic mass is 9.92. The Hall–Kier alpha value is -1.43. The SMILES string of the molecule is CC(N)C1CCCN(Cc2nc(-c3cccc(Cl)c3)no2)C1. The van der Waals surface area contributed by atoms with E-state index >= 15 is 0 Å². The molecule has 118 valence electrons. The van der Waals surface area contributed by atoms with Crippen molar-refractivity contribution in [3.05, 3.63) is 35.2 Å². The van der Waals surface area contributed by atoms with Crippen molar-refractivity contribution in [3.63, 3.8) is 0 Å². The highest BCUT2D eigenvalue weighted by Crippen LogP contribution is 2.22. The van der Waals surface area contributed by atoms with E-state index in [1.54, 1.807) is 0 Å². The highest BCUT2D eigenvalue weighted by molar-refractivity contribution is 6.30. The summed E-state index contributed by atoms with van der Waals surface area (Å²) in [4.78, 5) is 6.82. The molecule has 0 radical (unpaired) electrons. The molecule has 5 nitrogen and oxygen atoms in total. The maximum absolute atomic E-state index is 6.03. The van der Waals surface area contributed by atoms with E-state index in [0.717, 1.165) is 18.7 Å². The van der Waals surface area contributed by atoms with Crippen molar-refractivity contribution >= 4 is 11.6 Å². The van der Waals surface area contributed by atoms with Crippen LogP contribution in [0.3, 0.4) is 0 Å². The van der Waals surface area contributed by atoms with Crippen molar-refractivity contribution < 1.29 is 4.52 Å². The molecule has 6 heteroatoms. The van der Waals surface area contributed by atoms with Crippen molar-refractivity contribution in [2.75, 3.05) is 13.1 Å². The van der Waals surface area contributed by atoms with Crippen molar-refractivity contribution in [3.8, 4) is 11.4 Å². The van der Waals surface area contributed by atoms with Gasteiger partial charge in [-0.2, -0.15) is 4.98 Å². The van der Waals surface area contributed by atoms with Crippen LogP contribution in [0, 0.1) is 5.92 Å². The Labute approximate surface area is 135 Å². The molecule has 0 spiro atoms. The molecule has 1 aliphatic rings. The van der Waals surface area contributed by atoms with Crippen molar-refractivity contribution in [2.45, 2.75) is 32.4 Å². The number of nitrogens with two attached hydrogens (primary N) is 1. The molecule has 2 N–H and O–H groups in total. The first kappa shape index (κ1) is 15.5. The van der Waals surface area contributed by atoms with Gasteiger partial charge in [0.25, 0.3) is 0 Å². The van der Waals surface area contributed by atoms with Gasteiger partial charge in [-0.05, 0) is 44.4 Å². The van der Waals surface area contributed by atoms with Crippen LogP contribution in [-0.4, -0.2) is 34.2 Å². The maximum Gasteiger partial charge on any atom is 0.241 e. The van der Waals surface area contributed by atoms with Gasteiger partial charge in [0.2, 0.25) is 11.7 Å². The first-order valence-corrected chi connectivity index (χ1v) is 8.06. The minimum atomic E-state index is 0.229. The number of rotatable bonds is 4. The zero-order chi connectivity index (χ0) is 15.5. The summed E-state index contributed by atoms with van der Waals surface area (Å²) in [5.41, 5.74) is 6.90. The molecule has 0 amide bonds. The fourth-order valence-corrected chi connectivity index (χ4v) is 3.11. The predicted octanol–water partition coefficient (Wildman–Crippen LogP) is 2.95. The molecule has 1 fully saturated rings. The van der Waals surface area contributed by atoms with Crippen LogP contribution < -0.4 is 5.73 Å². The molecule has 2 heterocycles. The minimum absolute atomic E-state index is 0.229. The van der Waals surface area contributed by atoms with E-state index in [-0.39, 0.29) is 6.04 Å². The third-order valence-electron chi connectivity index (χ3n) is 4.20. The smallest absolute Gasteiger partial charge is 0.241 e. The van der Waals surface area contributed by atoms with E-state index < -0.39 is 0 Å². The molecule has 3 rings (SSSR count). The van der Waals surface area contributed by atoms with E-state index in [2.05, 4.69) is 22.0 Å². The number of benzene rings is 1. The van der Waals surface area contributed by atoms with Crippen LogP contribution >= 0.6 is 11.6 Å². The summed E-state index contributed by atoms with van der Waals surface area (Å²) in [6.07, 6.45) is 2.37.